The first-order valence-electron chi connectivity index (χ1n) is 5.80. The highest BCUT2D eigenvalue weighted by Gasteiger charge is 2.18. The summed E-state index contributed by atoms with van der Waals surface area (Å²) < 4.78 is 28.2. The molecule has 0 radical (unpaired) electrons. The van der Waals surface area contributed by atoms with Crippen molar-refractivity contribution < 1.29 is 8.78 Å². The average molecular weight is 251 g/mol. The molecule has 0 spiro atoms. The van der Waals surface area contributed by atoms with Gasteiger partial charge in [-0.3, -0.25) is 0 Å². The van der Waals surface area contributed by atoms with E-state index in [-0.39, 0.29) is 6.04 Å². The van der Waals surface area contributed by atoms with E-state index in [0.29, 0.717) is 5.56 Å². The summed E-state index contributed by atoms with van der Waals surface area (Å²) in [5.74, 6) is -0.902. The van der Waals surface area contributed by atoms with E-state index in [2.05, 4.69) is 10.3 Å². The molecule has 2 rings (SSSR count). The number of aryl methyl sites for hydroxylation is 1. The van der Waals surface area contributed by atoms with Gasteiger partial charge in [0.1, 0.15) is 5.82 Å². The van der Waals surface area contributed by atoms with Crippen LogP contribution in [0, 0.1) is 11.6 Å². The molecule has 1 N–H and O–H groups in total. The van der Waals surface area contributed by atoms with Crippen LogP contribution in [0.2, 0.25) is 0 Å². The number of nitrogens with zero attached hydrogens (tertiary/aromatic N) is 2. The lowest BCUT2D eigenvalue weighted by molar-refractivity contribution is 0.502. The Morgan fingerprint density at radius 2 is 2.11 bits per heavy atom. The number of rotatable bonds is 4. The van der Waals surface area contributed by atoms with Crippen LogP contribution >= 0.6 is 0 Å². The van der Waals surface area contributed by atoms with E-state index in [1.165, 1.54) is 6.07 Å². The van der Waals surface area contributed by atoms with E-state index in [1.54, 1.807) is 19.3 Å². The molecule has 0 aliphatic carbocycles. The van der Waals surface area contributed by atoms with Gasteiger partial charge in [-0.05, 0) is 31.7 Å². The minimum atomic E-state index is -0.845. The average Bonchev–Trinajstić information content (AvgIpc) is 2.83. The zero-order valence-corrected chi connectivity index (χ0v) is 10.3. The highest BCUT2D eigenvalue weighted by molar-refractivity contribution is 5.26. The molecule has 1 aromatic carbocycles. The van der Waals surface area contributed by atoms with Crippen LogP contribution in [-0.2, 0) is 6.54 Å². The quantitative estimate of drug-likeness (QED) is 0.904. The maximum atomic E-state index is 13.3. The zero-order valence-electron chi connectivity index (χ0n) is 10.3. The number of nitrogens with one attached hydrogen (secondary N) is 1. The number of benzene rings is 1. The predicted octanol–water partition coefficient (Wildman–Crippen LogP) is 2.49. The molecular weight excluding hydrogens is 236 g/mol. The van der Waals surface area contributed by atoms with Gasteiger partial charge in [-0.2, -0.15) is 0 Å². The lowest BCUT2D eigenvalue weighted by Gasteiger charge is -2.17. The molecule has 1 heterocycles. The summed E-state index contributed by atoms with van der Waals surface area (Å²) in [5.41, 5.74) is 0.650. The first kappa shape index (κ1) is 12.7. The second kappa shape index (κ2) is 5.27. The number of halogens is 2. The third-order valence-corrected chi connectivity index (χ3v) is 2.91. The molecule has 0 saturated carbocycles. The molecule has 1 unspecified atom stereocenters. The molecule has 1 aromatic heterocycles. The van der Waals surface area contributed by atoms with Crippen molar-refractivity contribution in [3.05, 3.63) is 53.6 Å². The molecule has 0 aliphatic rings. The molecule has 0 bridgehead atoms. The molecule has 5 heteroatoms. The van der Waals surface area contributed by atoms with E-state index in [0.717, 1.165) is 18.4 Å². The Kier molecular flexibility index (Phi) is 3.72. The van der Waals surface area contributed by atoms with Gasteiger partial charge < -0.3 is 9.88 Å². The van der Waals surface area contributed by atoms with Crippen molar-refractivity contribution in [3.8, 4) is 0 Å². The standard InChI is InChI=1S/C13H15F2N3/c1-3-18-7-6-17-13(18)12(16-2)9-4-5-10(14)11(15)8-9/h4-8,12,16H,3H2,1-2H3. The zero-order chi connectivity index (χ0) is 13.1. The van der Waals surface area contributed by atoms with Crippen molar-refractivity contribution in [1.82, 2.24) is 14.9 Å². The van der Waals surface area contributed by atoms with Crippen LogP contribution in [-0.4, -0.2) is 16.6 Å². The fourth-order valence-corrected chi connectivity index (χ4v) is 1.99. The minimum absolute atomic E-state index is 0.255. The smallest absolute Gasteiger partial charge is 0.159 e. The van der Waals surface area contributed by atoms with Gasteiger partial charge in [0, 0.05) is 18.9 Å². The second-order valence-electron chi connectivity index (χ2n) is 3.97. The summed E-state index contributed by atoms with van der Waals surface area (Å²) in [6.07, 6.45) is 3.56. The van der Waals surface area contributed by atoms with Gasteiger partial charge in [0.2, 0.25) is 0 Å². The molecule has 0 fully saturated rings. The van der Waals surface area contributed by atoms with Gasteiger partial charge in [-0.1, -0.05) is 6.07 Å². The van der Waals surface area contributed by atoms with Crippen LogP contribution in [0.1, 0.15) is 24.4 Å². The topological polar surface area (TPSA) is 29.9 Å². The van der Waals surface area contributed by atoms with Crippen LogP contribution in [0.5, 0.6) is 0 Å². The lowest BCUT2D eigenvalue weighted by Crippen LogP contribution is -2.22. The third kappa shape index (κ3) is 2.26. The number of aromatic nitrogens is 2. The Morgan fingerprint density at radius 1 is 1.33 bits per heavy atom. The van der Waals surface area contributed by atoms with E-state index in [1.807, 2.05) is 17.7 Å². The van der Waals surface area contributed by atoms with E-state index < -0.39 is 11.6 Å². The third-order valence-electron chi connectivity index (χ3n) is 2.91. The van der Waals surface area contributed by atoms with Crippen molar-refractivity contribution >= 4 is 0 Å². The molecule has 1 atom stereocenters. The lowest BCUT2D eigenvalue weighted by atomic mass is 10.1. The van der Waals surface area contributed by atoms with Crippen LogP contribution in [0.25, 0.3) is 0 Å². The maximum Gasteiger partial charge on any atom is 0.159 e. The van der Waals surface area contributed by atoms with Gasteiger partial charge in [0.15, 0.2) is 11.6 Å². The van der Waals surface area contributed by atoms with Gasteiger partial charge >= 0.3 is 0 Å². The monoisotopic (exact) mass is 251 g/mol. The molecule has 3 nitrogen and oxygen atoms in total. The summed E-state index contributed by atoms with van der Waals surface area (Å²) in [5, 5.41) is 3.07. The van der Waals surface area contributed by atoms with Gasteiger partial charge in [-0.25, -0.2) is 13.8 Å². The fourth-order valence-electron chi connectivity index (χ4n) is 1.99. The summed E-state index contributed by atoms with van der Waals surface area (Å²) in [4.78, 5) is 4.27. The molecular formula is C13H15F2N3. The second-order valence-corrected chi connectivity index (χ2v) is 3.97. The van der Waals surface area contributed by atoms with Crippen molar-refractivity contribution in [2.24, 2.45) is 0 Å². The maximum absolute atomic E-state index is 13.3. The molecule has 0 saturated heterocycles. The van der Waals surface area contributed by atoms with Crippen LogP contribution in [0.15, 0.2) is 30.6 Å². The van der Waals surface area contributed by atoms with E-state index in [4.69, 9.17) is 0 Å². The summed E-state index contributed by atoms with van der Waals surface area (Å²) in [6.45, 7) is 2.78. The highest BCUT2D eigenvalue weighted by atomic mass is 19.2. The summed E-state index contributed by atoms with van der Waals surface area (Å²) in [6, 6.07) is 3.64. The normalized spacial score (nSPS) is 12.7. The Bertz CT molecular complexity index is 537. The van der Waals surface area contributed by atoms with E-state index in [9.17, 15) is 8.78 Å². The SMILES string of the molecule is CCn1ccnc1C(NC)c1ccc(F)c(F)c1. The largest absolute Gasteiger partial charge is 0.334 e. The van der Waals surface area contributed by atoms with Gasteiger partial charge in [0.25, 0.3) is 0 Å². The minimum Gasteiger partial charge on any atom is -0.334 e. The molecule has 0 aliphatic heterocycles. The highest BCUT2D eigenvalue weighted by Crippen LogP contribution is 2.22. The van der Waals surface area contributed by atoms with Gasteiger partial charge in [-0.15, -0.1) is 0 Å². The van der Waals surface area contributed by atoms with Gasteiger partial charge in [0.05, 0.1) is 6.04 Å². The Hall–Kier alpha value is -1.75. The Morgan fingerprint density at radius 3 is 2.72 bits per heavy atom. The number of hydrogen-bond donors (Lipinski definition) is 1. The summed E-state index contributed by atoms with van der Waals surface area (Å²) in [7, 11) is 1.76. The first-order valence-corrected chi connectivity index (χ1v) is 5.80. The van der Waals surface area contributed by atoms with Crippen LogP contribution in [0.4, 0.5) is 8.78 Å². The summed E-state index contributed by atoms with van der Waals surface area (Å²) >= 11 is 0. The van der Waals surface area contributed by atoms with Crippen molar-refractivity contribution in [2.45, 2.75) is 19.5 Å². The van der Waals surface area contributed by atoms with Crippen LogP contribution in [0.3, 0.4) is 0 Å². The molecule has 0 amide bonds. The molecule has 2 aromatic rings. The van der Waals surface area contributed by atoms with Crippen molar-refractivity contribution in [1.29, 1.82) is 0 Å². The fraction of sp³-hybridized carbons (Fsp3) is 0.308. The number of imidazole rings is 1. The van der Waals surface area contributed by atoms with Crippen LogP contribution < -0.4 is 5.32 Å². The van der Waals surface area contributed by atoms with Crippen molar-refractivity contribution in [2.75, 3.05) is 7.05 Å². The molecule has 96 valence electrons. The molecule has 18 heavy (non-hydrogen) atoms. The Labute approximate surface area is 104 Å². The van der Waals surface area contributed by atoms with Crippen molar-refractivity contribution in [3.63, 3.8) is 0 Å². The van der Waals surface area contributed by atoms with E-state index >= 15 is 0 Å². The first-order chi connectivity index (χ1) is 8.67. The predicted molar refractivity (Wildman–Crippen MR) is 65.2 cm³/mol. The number of hydrogen-bond acceptors (Lipinski definition) is 2. The Balaban J connectivity index is 2.42.